The van der Waals surface area contributed by atoms with Crippen LogP contribution >= 0.6 is 11.8 Å². The molecule has 0 saturated carbocycles. The predicted octanol–water partition coefficient (Wildman–Crippen LogP) is 4.23. The monoisotopic (exact) mass is 819 g/mol. The predicted molar refractivity (Wildman–Crippen MR) is 216 cm³/mol. The van der Waals surface area contributed by atoms with Crippen LogP contribution in [-0.4, -0.2) is 162 Å². The summed E-state index contributed by atoms with van der Waals surface area (Å²) in [4.78, 5) is 79.3. The average molecular weight is 820 g/mol. The van der Waals surface area contributed by atoms with Crippen molar-refractivity contribution in [3.63, 3.8) is 0 Å². The third-order valence-corrected chi connectivity index (χ3v) is 9.92. The second-order valence-electron chi connectivity index (χ2n) is 14.1. The van der Waals surface area contributed by atoms with Gasteiger partial charge in [-0.05, 0) is 78.1 Å². The summed E-state index contributed by atoms with van der Waals surface area (Å²) in [6, 6.07) is 0. The van der Waals surface area contributed by atoms with Crippen molar-refractivity contribution in [2.24, 2.45) is 17.8 Å². The van der Waals surface area contributed by atoms with E-state index < -0.39 is 11.9 Å². The average Bonchev–Trinajstić information content (AvgIpc) is 3.18. The van der Waals surface area contributed by atoms with Crippen molar-refractivity contribution in [1.82, 2.24) is 14.7 Å². The lowest BCUT2D eigenvalue weighted by molar-refractivity contribution is -0.155. The molecule has 16 heteroatoms. The van der Waals surface area contributed by atoms with Crippen LogP contribution in [0.1, 0.15) is 92.9 Å². The van der Waals surface area contributed by atoms with E-state index in [4.69, 9.17) is 28.4 Å². The Morgan fingerprint density at radius 1 is 0.482 bits per heavy atom. The Morgan fingerprint density at radius 3 is 1.16 bits per heavy atom. The van der Waals surface area contributed by atoms with Gasteiger partial charge in [0.15, 0.2) is 0 Å². The van der Waals surface area contributed by atoms with Crippen molar-refractivity contribution >= 4 is 47.6 Å². The molecule has 15 nitrogen and oxygen atoms in total. The SMILES string of the molecule is CCCN(CCCN(C)CCCN(CCC(=O)OCCOC(=O)C(C)CC)CCC(=O)OCCOC(=O)C(C)CSC)CCC(=O)OCCOC(=O)C(C)CC. The van der Waals surface area contributed by atoms with Crippen LogP contribution in [0.15, 0.2) is 0 Å². The largest absolute Gasteiger partial charge is 0.462 e. The molecular formula is C40H73N3O12S. The molecule has 3 atom stereocenters. The first-order valence-electron chi connectivity index (χ1n) is 20.4. The van der Waals surface area contributed by atoms with Crippen molar-refractivity contribution in [3.05, 3.63) is 0 Å². The van der Waals surface area contributed by atoms with Gasteiger partial charge < -0.3 is 43.1 Å². The van der Waals surface area contributed by atoms with Crippen LogP contribution in [0.3, 0.4) is 0 Å². The number of hydrogen-bond acceptors (Lipinski definition) is 16. The van der Waals surface area contributed by atoms with Crippen LogP contribution in [0.4, 0.5) is 0 Å². The van der Waals surface area contributed by atoms with E-state index in [0.717, 1.165) is 45.4 Å². The highest BCUT2D eigenvalue weighted by Crippen LogP contribution is 2.08. The molecule has 0 rings (SSSR count). The second kappa shape index (κ2) is 34.1. The zero-order valence-corrected chi connectivity index (χ0v) is 36.5. The summed E-state index contributed by atoms with van der Waals surface area (Å²) in [6.07, 6.45) is 6.45. The van der Waals surface area contributed by atoms with Crippen molar-refractivity contribution in [3.8, 4) is 0 Å². The van der Waals surface area contributed by atoms with E-state index in [0.29, 0.717) is 44.8 Å². The van der Waals surface area contributed by atoms with Crippen molar-refractivity contribution in [1.29, 1.82) is 0 Å². The molecule has 56 heavy (non-hydrogen) atoms. The first-order valence-corrected chi connectivity index (χ1v) is 21.8. The van der Waals surface area contributed by atoms with E-state index in [1.54, 1.807) is 32.5 Å². The summed E-state index contributed by atoms with van der Waals surface area (Å²) in [6.45, 7) is 16.7. The lowest BCUT2D eigenvalue weighted by Crippen LogP contribution is -2.34. The molecule has 0 aromatic rings. The Balaban J connectivity index is 4.77. The van der Waals surface area contributed by atoms with E-state index in [-0.39, 0.29) is 101 Å². The van der Waals surface area contributed by atoms with Crippen molar-refractivity contribution in [2.75, 3.05) is 111 Å². The van der Waals surface area contributed by atoms with Gasteiger partial charge in [-0.1, -0.05) is 41.5 Å². The summed E-state index contributed by atoms with van der Waals surface area (Å²) in [5.74, 6) is -2.03. The van der Waals surface area contributed by atoms with Gasteiger partial charge in [-0.15, -0.1) is 0 Å². The highest BCUT2D eigenvalue weighted by atomic mass is 32.2. The fourth-order valence-electron chi connectivity index (χ4n) is 5.16. The van der Waals surface area contributed by atoms with Gasteiger partial charge in [0.25, 0.3) is 0 Å². The minimum Gasteiger partial charge on any atom is -0.462 e. The summed E-state index contributed by atoms with van der Waals surface area (Å²) in [5, 5.41) is 0. The molecule has 0 spiro atoms. The molecule has 0 aliphatic carbocycles. The Hall–Kier alpha value is -2.95. The molecule has 0 aliphatic heterocycles. The maximum absolute atomic E-state index is 12.5. The summed E-state index contributed by atoms with van der Waals surface area (Å²) in [7, 11) is 2.05. The van der Waals surface area contributed by atoms with Gasteiger partial charge in [0.1, 0.15) is 39.6 Å². The number of rotatable bonds is 35. The number of thioether (sulfide) groups is 1. The van der Waals surface area contributed by atoms with Gasteiger partial charge in [0, 0.05) is 25.4 Å². The maximum atomic E-state index is 12.5. The molecule has 0 fully saturated rings. The Bertz CT molecular complexity index is 1110. The number of esters is 6. The highest BCUT2D eigenvalue weighted by Gasteiger charge is 2.17. The Morgan fingerprint density at radius 2 is 0.821 bits per heavy atom. The zero-order chi connectivity index (χ0) is 42.1. The summed E-state index contributed by atoms with van der Waals surface area (Å²) in [5.41, 5.74) is 0. The minimum absolute atomic E-state index is 0.000766. The molecule has 0 N–H and O–H groups in total. The van der Waals surface area contributed by atoms with Crippen LogP contribution < -0.4 is 0 Å². The van der Waals surface area contributed by atoms with Crippen molar-refractivity contribution in [2.45, 2.75) is 92.9 Å². The van der Waals surface area contributed by atoms with Gasteiger partial charge in [-0.2, -0.15) is 11.8 Å². The smallest absolute Gasteiger partial charge is 0.309 e. The number of ether oxygens (including phenoxy) is 6. The molecular weight excluding hydrogens is 747 g/mol. The van der Waals surface area contributed by atoms with Crippen LogP contribution in [-0.2, 0) is 57.2 Å². The Labute approximate surface area is 340 Å². The van der Waals surface area contributed by atoms with E-state index in [1.807, 2.05) is 25.0 Å². The lowest BCUT2D eigenvalue weighted by Gasteiger charge is -2.25. The number of carbonyl (C=O) groups excluding carboxylic acids is 6. The summed E-state index contributed by atoms with van der Waals surface area (Å²) < 4.78 is 31.3. The van der Waals surface area contributed by atoms with Gasteiger partial charge in [-0.25, -0.2) is 0 Å². The van der Waals surface area contributed by atoms with Crippen molar-refractivity contribution < 1.29 is 57.2 Å². The van der Waals surface area contributed by atoms with Gasteiger partial charge in [0.2, 0.25) is 0 Å². The minimum atomic E-state index is -0.418. The van der Waals surface area contributed by atoms with E-state index in [2.05, 4.69) is 23.8 Å². The molecule has 0 saturated heterocycles. The normalized spacial score (nSPS) is 12.9. The lowest BCUT2D eigenvalue weighted by atomic mass is 10.1. The van der Waals surface area contributed by atoms with Gasteiger partial charge in [-0.3, -0.25) is 28.8 Å². The molecule has 0 radical (unpaired) electrons. The van der Waals surface area contributed by atoms with Crippen LogP contribution in [0.25, 0.3) is 0 Å². The van der Waals surface area contributed by atoms with Crippen LogP contribution in [0.5, 0.6) is 0 Å². The first kappa shape index (κ1) is 53.0. The third-order valence-electron chi connectivity index (χ3n) is 9.09. The quantitative estimate of drug-likeness (QED) is 0.0506. The zero-order valence-electron chi connectivity index (χ0n) is 35.6. The third kappa shape index (κ3) is 28.4. The van der Waals surface area contributed by atoms with E-state index in [9.17, 15) is 28.8 Å². The van der Waals surface area contributed by atoms with Crippen LogP contribution in [0.2, 0.25) is 0 Å². The van der Waals surface area contributed by atoms with E-state index >= 15 is 0 Å². The number of nitrogens with zero attached hydrogens (tertiary/aromatic N) is 3. The van der Waals surface area contributed by atoms with Gasteiger partial charge in [0.05, 0.1) is 37.0 Å². The fourth-order valence-corrected chi connectivity index (χ4v) is 5.80. The number of hydrogen-bond donors (Lipinski definition) is 0. The molecule has 3 unspecified atom stereocenters. The Kier molecular flexibility index (Phi) is 32.3. The standard InChI is InChI=1S/C40H73N3O12S/c1-9-17-42(22-14-35(44)50-25-28-53-38(47)32(4)10-2)20-12-18-41(7)19-13-21-43(23-15-36(45)51-26-29-54-39(48)33(5)11-3)24-16-37(46)52-27-30-55-40(49)34(6)31-56-8/h32-34H,9-31H2,1-8H3. The van der Waals surface area contributed by atoms with Gasteiger partial charge >= 0.3 is 35.8 Å². The molecule has 0 amide bonds. The number of carbonyl (C=O) groups is 6. The highest BCUT2D eigenvalue weighted by molar-refractivity contribution is 7.98. The fraction of sp³-hybridized carbons (Fsp3) is 0.850. The molecule has 0 heterocycles. The summed E-state index contributed by atoms with van der Waals surface area (Å²) >= 11 is 1.56. The maximum Gasteiger partial charge on any atom is 0.309 e. The van der Waals surface area contributed by atoms with E-state index in [1.165, 1.54) is 0 Å². The topological polar surface area (TPSA) is 168 Å². The molecule has 326 valence electrons. The first-order chi connectivity index (χ1) is 26.8. The molecule has 0 bridgehead atoms. The molecule has 0 aromatic carbocycles. The van der Waals surface area contributed by atoms with Crippen LogP contribution in [0, 0.1) is 17.8 Å². The molecule has 0 aliphatic rings. The second-order valence-corrected chi connectivity index (χ2v) is 15.0. The molecule has 0 aromatic heterocycles.